The predicted molar refractivity (Wildman–Crippen MR) is 116 cm³/mol. The number of piperazine rings is 1. The summed E-state index contributed by atoms with van der Waals surface area (Å²) < 4.78 is 5.25. The second kappa shape index (κ2) is 9.17. The zero-order valence-corrected chi connectivity index (χ0v) is 17.8. The molecule has 2 aromatic carbocycles. The third kappa shape index (κ3) is 4.62. The Morgan fingerprint density at radius 2 is 1.79 bits per heavy atom. The Hall–Kier alpha value is -1.75. The van der Waals surface area contributed by atoms with Crippen LogP contribution in [0.25, 0.3) is 0 Å². The van der Waals surface area contributed by atoms with Crippen molar-refractivity contribution in [2.24, 2.45) is 5.92 Å². The molecule has 152 valence electrons. The number of hydrogen-bond donors (Lipinski definition) is 1. The standard InChI is InChI=1S/C23H31ClN2O2/c1-4-23(27,19-8-10-22(28-3)11-9-19)18(2)17-25-12-14-26(15-13-25)21-7-5-6-20(24)16-21/h5-11,16,18,27H,4,12-15,17H2,1-3H3. The molecule has 0 radical (unpaired) electrons. The van der Waals surface area contributed by atoms with E-state index in [4.69, 9.17) is 16.3 Å². The summed E-state index contributed by atoms with van der Waals surface area (Å²) in [5.41, 5.74) is 1.31. The Balaban J connectivity index is 1.61. The average Bonchev–Trinajstić information content (AvgIpc) is 2.73. The van der Waals surface area contributed by atoms with Crippen LogP contribution in [-0.4, -0.2) is 49.8 Å². The lowest BCUT2D eigenvalue weighted by atomic mass is 9.80. The smallest absolute Gasteiger partial charge is 0.118 e. The van der Waals surface area contributed by atoms with Crippen molar-refractivity contribution in [2.45, 2.75) is 25.9 Å². The molecule has 1 fully saturated rings. The minimum atomic E-state index is -0.837. The SMILES string of the molecule is CCC(O)(c1ccc(OC)cc1)C(C)CN1CCN(c2cccc(Cl)c2)CC1. The van der Waals surface area contributed by atoms with E-state index in [0.29, 0.717) is 6.42 Å². The van der Waals surface area contributed by atoms with E-state index in [0.717, 1.165) is 49.1 Å². The van der Waals surface area contributed by atoms with Crippen molar-refractivity contribution in [3.05, 3.63) is 59.1 Å². The summed E-state index contributed by atoms with van der Waals surface area (Å²) in [6, 6.07) is 15.9. The second-order valence-corrected chi connectivity index (χ2v) is 8.11. The summed E-state index contributed by atoms with van der Waals surface area (Å²) >= 11 is 6.13. The maximum absolute atomic E-state index is 11.4. The van der Waals surface area contributed by atoms with Gasteiger partial charge in [-0.25, -0.2) is 0 Å². The van der Waals surface area contributed by atoms with E-state index < -0.39 is 5.60 Å². The van der Waals surface area contributed by atoms with Crippen LogP contribution in [0.5, 0.6) is 5.75 Å². The van der Waals surface area contributed by atoms with Crippen LogP contribution in [-0.2, 0) is 5.60 Å². The van der Waals surface area contributed by atoms with Gasteiger partial charge in [0, 0.05) is 49.4 Å². The molecule has 0 bridgehead atoms. The van der Waals surface area contributed by atoms with Crippen molar-refractivity contribution in [3.63, 3.8) is 0 Å². The highest BCUT2D eigenvalue weighted by molar-refractivity contribution is 6.30. The number of hydrogen-bond acceptors (Lipinski definition) is 4. The fourth-order valence-electron chi connectivity index (χ4n) is 4.12. The number of ether oxygens (including phenoxy) is 1. The summed E-state index contributed by atoms with van der Waals surface area (Å²) in [7, 11) is 1.66. The first-order chi connectivity index (χ1) is 13.5. The minimum Gasteiger partial charge on any atom is -0.497 e. The summed E-state index contributed by atoms with van der Waals surface area (Å²) in [5.74, 6) is 0.940. The van der Waals surface area contributed by atoms with E-state index >= 15 is 0 Å². The lowest BCUT2D eigenvalue weighted by Crippen LogP contribution is -2.50. The molecule has 2 unspecified atom stereocenters. The highest BCUT2D eigenvalue weighted by Crippen LogP contribution is 2.35. The molecular formula is C23H31ClN2O2. The lowest BCUT2D eigenvalue weighted by Gasteiger charge is -2.41. The van der Waals surface area contributed by atoms with Gasteiger partial charge in [-0.3, -0.25) is 4.90 Å². The van der Waals surface area contributed by atoms with Crippen LogP contribution in [0.4, 0.5) is 5.69 Å². The van der Waals surface area contributed by atoms with E-state index in [2.05, 4.69) is 29.7 Å². The van der Waals surface area contributed by atoms with E-state index in [-0.39, 0.29) is 5.92 Å². The van der Waals surface area contributed by atoms with Crippen molar-refractivity contribution in [3.8, 4) is 5.75 Å². The second-order valence-electron chi connectivity index (χ2n) is 7.67. The zero-order valence-electron chi connectivity index (χ0n) is 17.1. The normalized spacial score (nSPS) is 18.5. The quantitative estimate of drug-likeness (QED) is 0.744. The molecule has 2 atom stereocenters. The molecule has 0 amide bonds. The number of methoxy groups -OCH3 is 1. The fourth-order valence-corrected chi connectivity index (χ4v) is 4.30. The van der Waals surface area contributed by atoms with Crippen LogP contribution < -0.4 is 9.64 Å². The monoisotopic (exact) mass is 402 g/mol. The van der Waals surface area contributed by atoms with Crippen LogP contribution in [0.3, 0.4) is 0 Å². The lowest BCUT2D eigenvalue weighted by molar-refractivity contribution is -0.0339. The molecule has 0 spiro atoms. The Morgan fingerprint density at radius 3 is 2.36 bits per heavy atom. The van der Waals surface area contributed by atoms with Gasteiger partial charge in [-0.2, -0.15) is 0 Å². The topological polar surface area (TPSA) is 35.9 Å². The molecule has 1 saturated heterocycles. The van der Waals surface area contributed by atoms with Gasteiger partial charge in [0.2, 0.25) is 0 Å². The zero-order chi connectivity index (χ0) is 20.1. The van der Waals surface area contributed by atoms with E-state index in [9.17, 15) is 5.11 Å². The average molecular weight is 403 g/mol. The van der Waals surface area contributed by atoms with Gasteiger partial charge in [0.15, 0.2) is 0 Å². The van der Waals surface area contributed by atoms with Gasteiger partial charge in [-0.05, 0) is 42.3 Å². The summed E-state index contributed by atoms with van der Waals surface area (Å²) in [5, 5.41) is 12.2. The number of nitrogens with zero attached hydrogens (tertiary/aromatic N) is 2. The fraction of sp³-hybridized carbons (Fsp3) is 0.478. The third-order valence-corrected chi connectivity index (χ3v) is 6.26. The molecule has 0 aromatic heterocycles. The summed E-state index contributed by atoms with van der Waals surface area (Å²) in [6.45, 7) is 8.99. The molecule has 1 aliphatic rings. The molecule has 5 heteroatoms. The van der Waals surface area contributed by atoms with Crippen LogP contribution in [0.2, 0.25) is 5.02 Å². The van der Waals surface area contributed by atoms with E-state index in [1.54, 1.807) is 7.11 Å². The molecule has 1 N–H and O–H groups in total. The van der Waals surface area contributed by atoms with E-state index in [1.165, 1.54) is 5.69 Å². The van der Waals surface area contributed by atoms with Gasteiger partial charge in [0.1, 0.15) is 5.75 Å². The maximum Gasteiger partial charge on any atom is 0.118 e. The van der Waals surface area contributed by atoms with Crippen LogP contribution >= 0.6 is 11.6 Å². The van der Waals surface area contributed by atoms with Crippen molar-refractivity contribution in [2.75, 3.05) is 44.7 Å². The highest BCUT2D eigenvalue weighted by Gasteiger charge is 2.35. The summed E-state index contributed by atoms with van der Waals surface area (Å²) in [4.78, 5) is 4.83. The van der Waals surface area contributed by atoms with Gasteiger partial charge in [0.05, 0.1) is 12.7 Å². The molecule has 1 aliphatic heterocycles. The molecule has 4 nitrogen and oxygen atoms in total. The van der Waals surface area contributed by atoms with Crippen LogP contribution in [0.15, 0.2) is 48.5 Å². The number of rotatable bonds is 7. The Bertz CT molecular complexity index is 759. The first-order valence-corrected chi connectivity index (χ1v) is 10.4. The molecule has 2 aromatic rings. The minimum absolute atomic E-state index is 0.128. The van der Waals surface area contributed by atoms with Gasteiger partial charge in [-0.1, -0.05) is 43.6 Å². The predicted octanol–water partition coefficient (Wildman–Crippen LogP) is 4.40. The Kier molecular flexibility index (Phi) is 6.86. The molecular weight excluding hydrogens is 372 g/mol. The van der Waals surface area contributed by atoms with Crippen LogP contribution in [0, 0.1) is 5.92 Å². The third-order valence-electron chi connectivity index (χ3n) is 6.02. The van der Waals surface area contributed by atoms with E-state index in [1.807, 2.05) is 42.5 Å². The van der Waals surface area contributed by atoms with Crippen LogP contribution in [0.1, 0.15) is 25.8 Å². The number of benzene rings is 2. The largest absolute Gasteiger partial charge is 0.497 e. The Labute approximate surface area is 173 Å². The number of anilines is 1. The molecule has 28 heavy (non-hydrogen) atoms. The van der Waals surface area contributed by atoms with Crippen molar-refractivity contribution in [1.29, 1.82) is 0 Å². The van der Waals surface area contributed by atoms with Gasteiger partial charge in [-0.15, -0.1) is 0 Å². The van der Waals surface area contributed by atoms with Crippen molar-refractivity contribution < 1.29 is 9.84 Å². The van der Waals surface area contributed by atoms with Crippen molar-refractivity contribution >= 4 is 17.3 Å². The molecule has 1 heterocycles. The van der Waals surface area contributed by atoms with Crippen molar-refractivity contribution in [1.82, 2.24) is 4.90 Å². The molecule has 3 rings (SSSR count). The number of aliphatic hydroxyl groups is 1. The molecule has 0 aliphatic carbocycles. The Morgan fingerprint density at radius 1 is 1.11 bits per heavy atom. The van der Waals surface area contributed by atoms with Gasteiger partial charge < -0.3 is 14.7 Å². The first-order valence-electron chi connectivity index (χ1n) is 10.1. The molecule has 0 saturated carbocycles. The number of halogens is 1. The highest BCUT2D eigenvalue weighted by atomic mass is 35.5. The maximum atomic E-state index is 11.4. The van der Waals surface area contributed by atoms with Gasteiger partial charge in [0.25, 0.3) is 0 Å². The van der Waals surface area contributed by atoms with Gasteiger partial charge >= 0.3 is 0 Å². The first kappa shape index (κ1) is 21.0. The summed E-state index contributed by atoms with van der Waals surface area (Å²) in [6.07, 6.45) is 0.684.